The molecule has 0 unspecified atom stereocenters. The number of anilines is 1. The molecule has 2 heterocycles. The van der Waals surface area contributed by atoms with Gasteiger partial charge in [-0.15, -0.1) is 0 Å². The Labute approximate surface area is 156 Å². The molecule has 2 aromatic carbocycles. The van der Waals surface area contributed by atoms with E-state index in [0.717, 1.165) is 19.5 Å². The van der Waals surface area contributed by atoms with Crippen LogP contribution in [0.4, 0.5) is 5.69 Å². The molecule has 1 aliphatic heterocycles. The molecule has 0 aliphatic carbocycles. The number of hydrogen-bond donors (Lipinski definition) is 0. The van der Waals surface area contributed by atoms with Crippen LogP contribution in [0.3, 0.4) is 0 Å². The van der Waals surface area contributed by atoms with E-state index in [9.17, 15) is 0 Å². The summed E-state index contributed by atoms with van der Waals surface area (Å²) in [6.45, 7) is 15.3. The van der Waals surface area contributed by atoms with Crippen LogP contribution in [0.1, 0.15) is 29.3 Å². The van der Waals surface area contributed by atoms with Crippen LogP contribution in [0.25, 0.3) is 22.0 Å². The fourth-order valence-electron chi connectivity index (χ4n) is 4.56. The molecule has 3 nitrogen and oxygen atoms in total. The molecule has 0 saturated heterocycles. The number of nitrogens with zero attached hydrogens (tertiary/aromatic N) is 3. The van der Waals surface area contributed by atoms with Crippen LogP contribution < -0.4 is 4.90 Å². The zero-order chi connectivity index (χ0) is 18.4. The first-order valence-corrected chi connectivity index (χ1v) is 9.46. The quantitative estimate of drug-likeness (QED) is 0.590. The van der Waals surface area contributed by atoms with E-state index in [2.05, 4.69) is 79.2 Å². The minimum absolute atomic E-state index is 0.660. The highest BCUT2D eigenvalue weighted by Crippen LogP contribution is 2.44. The predicted octanol–water partition coefficient (Wildman–Crippen LogP) is 5.27. The Morgan fingerprint density at radius 2 is 1.81 bits per heavy atom. The van der Waals surface area contributed by atoms with E-state index in [4.69, 9.17) is 0 Å². The summed E-state index contributed by atoms with van der Waals surface area (Å²) in [4.78, 5) is 6.57. The Morgan fingerprint density at radius 1 is 1.08 bits per heavy atom. The maximum atomic E-state index is 4.18. The number of rotatable bonds is 4. The zero-order valence-electron chi connectivity index (χ0n) is 16.3. The van der Waals surface area contributed by atoms with E-state index in [-0.39, 0.29) is 0 Å². The average Bonchev–Trinajstić information content (AvgIpc) is 2.96. The molecule has 0 saturated carbocycles. The van der Waals surface area contributed by atoms with Crippen molar-refractivity contribution in [3.8, 4) is 11.1 Å². The monoisotopic (exact) mass is 345 g/mol. The zero-order valence-corrected chi connectivity index (χ0v) is 16.3. The second-order valence-electron chi connectivity index (χ2n) is 7.37. The number of aromatic nitrogens is 1. The van der Waals surface area contributed by atoms with Gasteiger partial charge >= 0.3 is 0 Å². The van der Waals surface area contributed by atoms with Gasteiger partial charge < -0.3 is 9.47 Å². The molecule has 0 N–H and O–H groups in total. The van der Waals surface area contributed by atoms with E-state index < -0.39 is 0 Å². The van der Waals surface area contributed by atoms with Gasteiger partial charge in [-0.25, -0.2) is 0 Å². The van der Waals surface area contributed by atoms with Crippen LogP contribution in [-0.2, 0) is 13.0 Å². The lowest BCUT2D eigenvalue weighted by atomic mass is 9.89. The third-order valence-electron chi connectivity index (χ3n) is 5.78. The van der Waals surface area contributed by atoms with Gasteiger partial charge in [0.2, 0.25) is 0 Å². The average molecular weight is 345 g/mol. The molecular formula is C23H27N3. The lowest BCUT2D eigenvalue weighted by Gasteiger charge is -2.33. The highest BCUT2D eigenvalue weighted by Gasteiger charge is 2.27. The van der Waals surface area contributed by atoms with Gasteiger partial charge in [-0.2, -0.15) is 0 Å². The Balaban J connectivity index is 2.11. The van der Waals surface area contributed by atoms with Gasteiger partial charge in [-0.05, 0) is 62.2 Å². The molecule has 0 fully saturated rings. The van der Waals surface area contributed by atoms with Crippen LogP contribution in [-0.4, -0.2) is 24.5 Å². The van der Waals surface area contributed by atoms with Gasteiger partial charge in [0.15, 0.2) is 0 Å². The van der Waals surface area contributed by atoms with Crippen molar-refractivity contribution in [3.05, 3.63) is 52.7 Å². The first-order valence-electron chi connectivity index (χ1n) is 9.46. The Bertz CT molecular complexity index is 993. The minimum Gasteiger partial charge on any atom is -0.348 e. The van der Waals surface area contributed by atoms with Gasteiger partial charge in [0.25, 0.3) is 0 Å². The first kappa shape index (κ1) is 16.9. The van der Waals surface area contributed by atoms with Crippen LogP contribution >= 0.6 is 0 Å². The van der Waals surface area contributed by atoms with Crippen LogP contribution in [0, 0.1) is 20.8 Å². The lowest BCUT2D eigenvalue weighted by Crippen LogP contribution is -2.32. The summed E-state index contributed by atoms with van der Waals surface area (Å²) in [6, 6.07) is 11.3. The molecule has 3 heteroatoms. The third-order valence-corrected chi connectivity index (χ3v) is 5.78. The van der Waals surface area contributed by atoms with Crippen molar-refractivity contribution >= 4 is 23.3 Å². The summed E-state index contributed by atoms with van der Waals surface area (Å²) >= 11 is 0. The lowest BCUT2D eigenvalue weighted by molar-refractivity contribution is 0.643. The summed E-state index contributed by atoms with van der Waals surface area (Å²) in [6.07, 6.45) is 1.03. The molecule has 134 valence electrons. The van der Waals surface area contributed by atoms with Gasteiger partial charge in [0.1, 0.15) is 6.67 Å². The maximum absolute atomic E-state index is 4.18. The van der Waals surface area contributed by atoms with Gasteiger partial charge in [-0.1, -0.05) is 36.8 Å². The standard InChI is InChI=1S/C23H27N3/c1-6-19-17(4)22-23-20(21(19)18-9-7-15(2)8-10-18)13-16(3)26(23)12-11-25(22)14-24-5/h7-10,13H,5-6,11-12,14H2,1-4H3. The summed E-state index contributed by atoms with van der Waals surface area (Å²) in [7, 11) is 0. The van der Waals surface area contributed by atoms with E-state index in [1.807, 2.05) is 0 Å². The summed E-state index contributed by atoms with van der Waals surface area (Å²) in [5.74, 6) is 0. The second-order valence-corrected chi connectivity index (χ2v) is 7.37. The van der Waals surface area contributed by atoms with Crippen molar-refractivity contribution in [3.63, 3.8) is 0 Å². The molecule has 0 bridgehead atoms. The largest absolute Gasteiger partial charge is 0.348 e. The number of aliphatic imine (C=N–C) groups is 1. The van der Waals surface area contributed by atoms with Crippen molar-refractivity contribution in [2.45, 2.75) is 40.7 Å². The highest BCUT2D eigenvalue weighted by atomic mass is 15.2. The molecule has 0 amide bonds. The summed E-state index contributed by atoms with van der Waals surface area (Å²) in [5.41, 5.74) is 10.9. The van der Waals surface area contributed by atoms with Crippen LogP contribution in [0.2, 0.25) is 0 Å². The van der Waals surface area contributed by atoms with Gasteiger partial charge in [0, 0.05) is 24.2 Å². The van der Waals surface area contributed by atoms with Crippen molar-refractivity contribution in [2.24, 2.45) is 4.99 Å². The SMILES string of the molecule is C=NCN1CCn2c(C)cc3c(-c4ccc(C)cc4)c(CC)c(C)c1c32. The van der Waals surface area contributed by atoms with Crippen molar-refractivity contribution in [2.75, 3.05) is 18.1 Å². The predicted molar refractivity (Wildman–Crippen MR) is 113 cm³/mol. The molecule has 1 aliphatic rings. The highest BCUT2D eigenvalue weighted by molar-refractivity contribution is 6.06. The fourth-order valence-corrected chi connectivity index (χ4v) is 4.56. The third kappa shape index (κ3) is 2.38. The number of benzene rings is 2. The van der Waals surface area contributed by atoms with Crippen molar-refractivity contribution in [1.82, 2.24) is 4.57 Å². The Kier molecular flexibility index (Phi) is 4.10. The fraction of sp³-hybridized carbons (Fsp3) is 0.348. The van der Waals surface area contributed by atoms with E-state index in [0.29, 0.717) is 6.67 Å². The van der Waals surface area contributed by atoms with Crippen LogP contribution in [0.5, 0.6) is 0 Å². The topological polar surface area (TPSA) is 20.5 Å². The molecule has 0 radical (unpaired) electrons. The summed E-state index contributed by atoms with van der Waals surface area (Å²) < 4.78 is 2.48. The smallest absolute Gasteiger partial charge is 0.109 e. The molecule has 0 spiro atoms. The molecule has 26 heavy (non-hydrogen) atoms. The summed E-state index contributed by atoms with van der Waals surface area (Å²) in [5, 5.41) is 1.37. The van der Waals surface area contributed by atoms with Gasteiger partial charge in [-0.3, -0.25) is 4.99 Å². The first-order chi connectivity index (χ1) is 12.6. The maximum Gasteiger partial charge on any atom is 0.109 e. The number of hydrogen-bond acceptors (Lipinski definition) is 2. The Hall–Kier alpha value is -2.55. The Morgan fingerprint density at radius 3 is 2.46 bits per heavy atom. The molecular weight excluding hydrogens is 318 g/mol. The second kappa shape index (κ2) is 6.31. The van der Waals surface area contributed by atoms with Crippen LogP contribution in [0.15, 0.2) is 35.3 Å². The minimum atomic E-state index is 0.660. The normalized spacial score (nSPS) is 13.5. The van der Waals surface area contributed by atoms with E-state index in [1.54, 1.807) is 0 Å². The molecule has 4 rings (SSSR count). The molecule has 0 atom stereocenters. The molecule has 1 aromatic heterocycles. The van der Waals surface area contributed by atoms with E-state index >= 15 is 0 Å². The molecule has 3 aromatic rings. The van der Waals surface area contributed by atoms with Crippen molar-refractivity contribution < 1.29 is 0 Å². The van der Waals surface area contributed by atoms with Crippen molar-refractivity contribution in [1.29, 1.82) is 0 Å². The van der Waals surface area contributed by atoms with E-state index in [1.165, 1.54) is 50.1 Å². The van der Waals surface area contributed by atoms with Gasteiger partial charge in [0.05, 0.1) is 11.2 Å². The number of aryl methyl sites for hydroxylation is 2.